The van der Waals surface area contributed by atoms with Crippen LogP contribution in [0.25, 0.3) is 10.9 Å². The van der Waals surface area contributed by atoms with Crippen molar-refractivity contribution in [2.24, 2.45) is 0 Å². The predicted molar refractivity (Wildman–Crippen MR) is 76.6 cm³/mol. The number of hydrogen-bond acceptors (Lipinski definition) is 2. The monoisotopic (exact) mass is 253 g/mol. The van der Waals surface area contributed by atoms with E-state index < -0.39 is 0 Å². The van der Waals surface area contributed by atoms with E-state index in [1.54, 1.807) is 0 Å². The zero-order chi connectivity index (χ0) is 13.1. The third-order valence-corrected chi connectivity index (χ3v) is 3.75. The largest absolute Gasteiger partial charge is 0.347 e. The Labute approximate surface area is 113 Å². The highest BCUT2D eigenvalue weighted by atomic mass is 15.0. The van der Waals surface area contributed by atoms with Crippen molar-refractivity contribution in [2.75, 3.05) is 0 Å². The number of rotatable bonds is 6. The molecule has 1 heterocycles. The molecule has 1 aromatic carbocycles. The fraction of sp³-hybridized carbons (Fsp3) is 0.438. The number of nitrogens with one attached hydrogen (secondary N) is 1. The van der Waals surface area contributed by atoms with Crippen molar-refractivity contribution in [3.8, 4) is 6.07 Å². The molecule has 0 amide bonds. The van der Waals surface area contributed by atoms with Gasteiger partial charge in [0.25, 0.3) is 0 Å². The average Bonchev–Trinajstić information content (AvgIpc) is 3.17. The van der Waals surface area contributed by atoms with Crippen LogP contribution in [-0.4, -0.2) is 10.6 Å². The molecule has 0 aliphatic heterocycles. The van der Waals surface area contributed by atoms with Gasteiger partial charge in [-0.1, -0.05) is 12.1 Å². The first-order chi connectivity index (χ1) is 9.38. The molecule has 1 N–H and O–H groups in total. The Morgan fingerprint density at radius 3 is 3.00 bits per heavy atom. The summed E-state index contributed by atoms with van der Waals surface area (Å²) in [5.74, 6) is 0. The summed E-state index contributed by atoms with van der Waals surface area (Å²) in [5, 5.41) is 13.5. The average molecular weight is 253 g/mol. The summed E-state index contributed by atoms with van der Waals surface area (Å²) in [6.07, 6.45) is 6.34. The molecule has 0 radical (unpaired) electrons. The fourth-order valence-electron chi connectivity index (χ4n) is 2.51. The molecule has 0 unspecified atom stereocenters. The molecule has 1 aromatic heterocycles. The number of nitriles is 1. The Hall–Kier alpha value is -1.79. The second kappa shape index (κ2) is 5.46. The van der Waals surface area contributed by atoms with E-state index in [-0.39, 0.29) is 0 Å². The van der Waals surface area contributed by atoms with Gasteiger partial charge in [0, 0.05) is 42.7 Å². The molecule has 0 saturated heterocycles. The van der Waals surface area contributed by atoms with Crippen LogP contribution in [0.2, 0.25) is 0 Å². The number of unbranched alkanes of at least 4 members (excludes halogenated alkanes) is 1. The van der Waals surface area contributed by atoms with Gasteiger partial charge in [-0.05, 0) is 37.0 Å². The molecular formula is C16H19N3. The van der Waals surface area contributed by atoms with Crippen LogP contribution in [0.1, 0.15) is 31.2 Å². The van der Waals surface area contributed by atoms with E-state index in [0.29, 0.717) is 6.42 Å². The maximum atomic E-state index is 8.61. The predicted octanol–water partition coefficient (Wildman–Crippen LogP) is 3.20. The van der Waals surface area contributed by atoms with Crippen LogP contribution in [0.4, 0.5) is 0 Å². The molecule has 3 nitrogen and oxygen atoms in total. The lowest BCUT2D eigenvalue weighted by Crippen LogP contribution is -2.15. The Bertz CT molecular complexity index is 602. The molecule has 1 aliphatic rings. The summed E-state index contributed by atoms with van der Waals surface area (Å²) in [6, 6.07) is 11.7. The summed E-state index contributed by atoms with van der Waals surface area (Å²) in [4.78, 5) is 0. The second-order valence-corrected chi connectivity index (χ2v) is 5.28. The first-order valence-corrected chi connectivity index (χ1v) is 7.05. The summed E-state index contributed by atoms with van der Waals surface area (Å²) in [6.45, 7) is 1.89. The summed E-state index contributed by atoms with van der Waals surface area (Å²) in [7, 11) is 0. The van der Waals surface area contributed by atoms with Gasteiger partial charge >= 0.3 is 0 Å². The third kappa shape index (κ3) is 2.80. The zero-order valence-electron chi connectivity index (χ0n) is 11.1. The van der Waals surface area contributed by atoms with Crippen LogP contribution < -0.4 is 5.32 Å². The molecular weight excluding hydrogens is 234 g/mol. The molecule has 1 aliphatic carbocycles. The van der Waals surface area contributed by atoms with E-state index in [0.717, 1.165) is 25.6 Å². The van der Waals surface area contributed by atoms with E-state index in [4.69, 9.17) is 5.26 Å². The zero-order valence-corrected chi connectivity index (χ0v) is 11.1. The van der Waals surface area contributed by atoms with Crippen molar-refractivity contribution in [3.05, 3.63) is 36.0 Å². The van der Waals surface area contributed by atoms with Crippen molar-refractivity contribution in [2.45, 2.75) is 44.8 Å². The first-order valence-electron chi connectivity index (χ1n) is 7.05. The smallest absolute Gasteiger partial charge is 0.0622 e. The van der Waals surface area contributed by atoms with Crippen LogP contribution >= 0.6 is 0 Å². The van der Waals surface area contributed by atoms with Crippen LogP contribution in [0.15, 0.2) is 30.5 Å². The van der Waals surface area contributed by atoms with Crippen molar-refractivity contribution < 1.29 is 0 Å². The lowest BCUT2D eigenvalue weighted by Gasteiger charge is -2.07. The van der Waals surface area contributed by atoms with Crippen LogP contribution in [-0.2, 0) is 13.1 Å². The topological polar surface area (TPSA) is 40.8 Å². The van der Waals surface area contributed by atoms with Crippen molar-refractivity contribution in [3.63, 3.8) is 0 Å². The molecule has 0 spiro atoms. The van der Waals surface area contributed by atoms with E-state index in [2.05, 4.69) is 46.4 Å². The maximum Gasteiger partial charge on any atom is 0.0622 e. The van der Waals surface area contributed by atoms with E-state index in [1.807, 2.05) is 0 Å². The molecule has 3 heteroatoms. The van der Waals surface area contributed by atoms with Gasteiger partial charge in [0.15, 0.2) is 0 Å². The van der Waals surface area contributed by atoms with Gasteiger partial charge in [-0.3, -0.25) is 0 Å². The molecule has 1 saturated carbocycles. The third-order valence-electron chi connectivity index (χ3n) is 3.75. The second-order valence-electron chi connectivity index (χ2n) is 5.28. The normalized spacial score (nSPS) is 14.7. The highest BCUT2D eigenvalue weighted by Gasteiger charge is 2.20. The van der Waals surface area contributed by atoms with Gasteiger partial charge in [-0.15, -0.1) is 0 Å². The SMILES string of the molecule is N#CCCCn1ccc2c(CNC3CC3)cccc21. The van der Waals surface area contributed by atoms with Gasteiger partial charge < -0.3 is 9.88 Å². The van der Waals surface area contributed by atoms with Gasteiger partial charge in [-0.2, -0.15) is 5.26 Å². The molecule has 0 bridgehead atoms. The highest BCUT2D eigenvalue weighted by Crippen LogP contribution is 2.23. The minimum absolute atomic E-state index is 0.628. The van der Waals surface area contributed by atoms with E-state index in [9.17, 15) is 0 Å². The first kappa shape index (κ1) is 12.3. The minimum Gasteiger partial charge on any atom is -0.347 e. The number of fused-ring (bicyclic) bond motifs is 1. The van der Waals surface area contributed by atoms with Gasteiger partial charge in [-0.25, -0.2) is 0 Å². The summed E-state index contributed by atoms with van der Waals surface area (Å²) >= 11 is 0. The van der Waals surface area contributed by atoms with Gasteiger partial charge in [0.2, 0.25) is 0 Å². The standard InChI is InChI=1S/C16H19N3/c17-9-1-2-10-19-11-8-15-13(4-3-5-16(15)19)12-18-14-6-7-14/h3-5,8,11,14,18H,1-2,6-7,10,12H2. The molecule has 1 fully saturated rings. The van der Waals surface area contributed by atoms with Crippen molar-refractivity contribution >= 4 is 10.9 Å². The molecule has 19 heavy (non-hydrogen) atoms. The van der Waals surface area contributed by atoms with Crippen molar-refractivity contribution in [1.29, 1.82) is 5.26 Å². The lowest BCUT2D eigenvalue weighted by molar-refractivity contribution is 0.673. The quantitative estimate of drug-likeness (QED) is 0.803. The lowest BCUT2D eigenvalue weighted by atomic mass is 10.1. The number of hydrogen-bond donors (Lipinski definition) is 1. The molecule has 2 aromatic rings. The summed E-state index contributed by atoms with van der Waals surface area (Å²) < 4.78 is 2.26. The molecule has 0 atom stereocenters. The van der Waals surface area contributed by atoms with Crippen molar-refractivity contribution in [1.82, 2.24) is 9.88 Å². The Morgan fingerprint density at radius 1 is 1.32 bits per heavy atom. The number of aryl methyl sites for hydroxylation is 1. The minimum atomic E-state index is 0.628. The van der Waals surface area contributed by atoms with Crippen LogP contribution in [0, 0.1) is 11.3 Å². The number of nitrogens with zero attached hydrogens (tertiary/aromatic N) is 2. The van der Waals surface area contributed by atoms with E-state index >= 15 is 0 Å². The number of benzene rings is 1. The Balaban J connectivity index is 1.78. The Morgan fingerprint density at radius 2 is 2.21 bits per heavy atom. The van der Waals surface area contributed by atoms with Gasteiger partial charge in [0.1, 0.15) is 0 Å². The van der Waals surface area contributed by atoms with Crippen LogP contribution in [0.3, 0.4) is 0 Å². The highest BCUT2D eigenvalue weighted by molar-refractivity contribution is 5.83. The van der Waals surface area contributed by atoms with E-state index in [1.165, 1.54) is 29.3 Å². The number of aromatic nitrogens is 1. The Kier molecular flexibility index (Phi) is 3.52. The maximum absolute atomic E-state index is 8.61. The summed E-state index contributed by atoms with van der Waals surface area (Å²) in [5.41, 5.74) is 2.66. The van der Waals surface area contributed by atoms with Crippen LogP contribution in [0.5, 0.6) is 0 Å². The molecule has 3 rings (SSSR count). The van der Waals surface area contributed by atoms with Gasteiger partial charge in [0.05, 0.1) is 6.07 Å². The molecule has 98 valence electrons. The fourth-order valence-corrected chi connectivity index (χ4v) is 2.51.